The third-order valence-corrected chi connectivity index (χ3v) is 5.29. The molecule has 0 radical (unpaired) electrons. The average molecular weight is 413 g/mol. The van der Waals surface area contributed by atoms with Crippen LogP contribution in [0.4, 0.5) is 0 Å². The molecule has 3 rings (SSSR count). The van der Waals surface area contributed by atoms with Crippen molar-refractivity contribution >= 4 is 17.7 Å². The summed E-state index contributed by atoms with van der Waals surface area (Å²) in [5, 5.41) is 12.0. The van der Waals surface area contributed by atoms with Crippen molar-refractivity contribution in [1.82, 2.24) is 20.1 Å². The van der Waals surface area contributed by atoms with Crippen molar-refractivity contribution in [2.24, 2.45) is 7.05 Å². The summed E-state index contributed by atoms with van der Waals surface area (Å²) in [6.45, 7) is 2.42. The Morgan fingerprint density at radius 3 is 2.48 bits per heavy atom. The van der Waals surface area contributed by atoms with Gasteiger partial charge in [-0.3, -0.25) is 4.79 Å². The SMILES string of the molecule is COc1ccc(OC(C)c2nnc(SCC(=O)NCc3ccccc3)n2C)cc1. The fourth-order valence-electron chi connectivity index (χ4n) is 2.69. The Morgan fingerprint density at radius 2 is 1.79 bits per heavy atom. The Hall–Kier alpha value is -3.00. The second kappa shape index (κ2) is 9.97. The number of amides is 1. The molecule has 29 heavy (non-hydrogen) atoms. The zero-order chi connectivity index (χ0) is 20.6. The van der Waals surface area contributed by atoms with Crippen LogP contribution < -0.4 is 14.8 Å². The Labute approximate surface area is 174 Å². The van der Waals surface area contributed by atoms with Crippen LogP contribution in [0.15, 0.2) is 59.8 Å². The van der Waals surface area contributed by atoms with E-state index in [-0.39, 0.29) is 17.8 Å². The predicted octanol–water partition coefficient (Wildman–Crippen LogP) is 3.37. The molecule has 0 aliphatic heterocycles. The summed E-state index contributed by atoms with van der Waals surface area (Å²) in [6.07, 6.45) is -0.290. The number of hydrogen-bond acceptors (Lipinski definition) is 6. The van der Waals surface area contributed by atoms with Gasteiger partial charge in [0.05, 0.1) is 12.9 Å². The van der Waals surface area contributed by atoms with Crippen LogP contribution in [0, 0.1) is 0 Å². The second-order valence-corrected chi connectivity index (χ2v) is 7.33. The molecule has 1 amide bonds. The van der Waals surface area contributed by atoms with Gasteiger partial charge in [0, 0.05) is 13.6 Å². The van der Waals surface area contributed by atoms with Gasteiger partial charge in [0.25, 0.3) is 0 Å². The Kier molecular flexibility index (Phi) is 7.13. The second-order valence-electron chi connectivity index (χ2n) is 6.39. The van der Waals surface area contributed by atoms with Crippen LogP contribution in [0.1, 0.15) is 24.4 Å². The molecule has 3 aromatic rings. The summed E-state index contributed by atoms with van der Waals surface area (Å²) < 4.78 is 12.9. The van der Waals surface area contributed by atoms with Gasteiger partial charge in [0.15, 0.2) is 17.1 Å². The normalized spacial score (nSPS) is 11.7. The van der Waals surface area contributed by atoms with E-state index in [1.165, 1.54) is 11.8 Å². The van der Waals surface area contributed by atoms with Gasteiger partial charge < -0.3 is 19.4 Å². The van der Waals surface area contributed by atoms with Crippen molar-refractivity contribution in [3.63, 3.8) is 0 Å². The van der Waals surface area contributed by atoms with E-state index in [1.807, 2.05) is 73.1 Å². The number of nitrogens with zero attached hydrogens (tertiary/aromatic N) is 3. The van der Waals surface area contributed by atoms with Crippen molar-refractivity contribution in [3.05, 3.63) is 66.0 Å². The molecule has 1 heterocycles. The summed E-state index contributed by atoms with van der Waals surface area (Å²) in [4.78, 5) is 12.1. The molecule has 0 saturated heterocycles. The molecule has 0 saturated carbocycles. The van der Waals surface area contributed by atoms with Gasteiger partial charge in [-0.2, -0.15) is 0 Å². The maximum absolute atomic E-state index is 12.1. The minimum absolute atomic E-state index is 0.0501. The quantitative estimate of drug-likeness (QED) is 0.543. The lowest BCUT2D eigenvalue weighted by Crippen LogP contribution is -2.24. The highest BCUT2D eigenvalue weighted by Crippen LogP contribution is 2.25. The van der Waals surface area contributed by atoms with Gasteiger partial charge in [-0.15, -0.1) is 10.2 Å². The third-order valence-electron chi connectivity index (χ3n) is 4.27. The lowest BCUT2D eigenvalue weighted by atomic mass is 10.2. The first kappa shape index (κ1) is 20.7. The Balaban J connectivity index is 1.52. The molecule has 0 aliphatic rings. The van der Waals surface area contributed by atoms with E-state index in [0.29, 0.717) is 17.5 Å². The Morgan fingerprint density at radius 1 is 1.10 bits per heavy atom. The fourth-order valence-corrected chi connectivity index (χ4v) is 3.44. The standard InChI is InChI=1S/C21H24N4O3S/c1-15(28-18-11-9-17(27-3)10-12-18)20-23-24-21(25(20)2)29-14-19(26)22-13-16-7-5-4-6-8-16/h4-12,15H,13-14H2,1-3H3,(H,22,26). The summed E-state index contributed by atoms with van der Waals surface area (Å²) >= 11 is 1.34. The van der Waals surface area contributed by atoms with Crippen LogP contribution in [0.2, 0.25) is 0 Å². The number of ether oxygens (including phenoxy) is 2. The number of benzene rings is 2. The van der Waals surface area contributed by atoms with Gasteiger partial charge in [0.1, 0.15) is 11.5 Å². The van der Waals surface area contributed by atoms with Gasteiger partial charge in [0.2, 0.25) is 5.91 Å². The molecule has 0 bridgehead atoms. The molecule has 1 N–H and O–H groups in total. The maximum atomic E-state index is 12.1. The van der Waals surface area contributed by atoms with Crippen LogP contribution in [0.5, 0.6) is 11.5 Å². The molecule has 1 atom stereocenters. The molecule has 152 valence electrons. The zero-order valence-electron chi connectivity index (χ0n) is 16.7. The highest BCUT2D eigenvalue weighted by molar-refractivity contribution is 7.99. The van der Waals surface area contributed by atoms with Crippen molar-refractivity contribution in [3.8, 4) is 11.5 Å². The largest absolute Gasteiger partial charge is 0.497 e. The minimum Gasteiger partial charge on any atom is -0.497 e. The van der Waals surface area contributed by atoms with Gasteiger partial charge >= 0.3 is 0 Å². The van der Waals surface area contributed by atoms with E-state index in [1.54, 1.807) is 7.11 Å². The smallest absolute Gasteiger partial charge is 0.230 e. The molecule has 7 nitrogen and oxygen atoms in total. The number of thioether (sulfide) groups is 1. The van der Waals surface area contributed by atoms with Crippen molar-refractivity contribution in [1.29, 1.82) is 0 Å². The number of methoxy groups -OCH3 is 1. The van der Waals surface area contributed by atoms with Crippen LogP contribution in [-0.4, -0.2) is 33.5 Å². The highest BCUT2D eigenvalue weighted by Gasteiger charge is 2.18. The number of nitrogens with one attached hydrogen (secondary N) is 1. The maximum Gasteiger partial charge on any atom is 0.230 e. The van der Waals surface area contributed by atoms with Crippen molar-refractivity contribution in [2.75, 3.05) is 12.9 Å². The number of carbonyl (C=O) groups excluding carboxylic acids is 1. The van der Waals surface area contributed by atoms with E-state index < -0.39 is 0 Å². The predicted molar refractivity (Wildman–Crippen MR) is 112 cm³/mol. The van der Waals surface area contributed by atoms with Crippen LogP contribution in [-0.2, 0) is 18.4 Å². The van der Waals surface area contributed by atoms with E-state index in [2.05, 4.69) is 15.5 Å². The lowest BCUT2D eigenvalue weighted by molar-refractivity contribution is -0.118. The molecule has 8 heteroatoms. The molecule has 0 aliphatic carbocycles. The Bertz CT molecular complexity index is 929. The van der Waals surface area contributed by atoms with Gasteiger partial charge in [-0.25, -0.2) is 0 Å². The van der Waals surface area contributed by atoms with Gasteiger partial charge in [-0.05, 0) is 36.8 Å². The summed E-state index contributed by atoms with van der Waals surface area (Å²) in [7, 11) is 3.49. The van der Waals surface area contributed by atoms with Crippen molar-refractivity contribution < 1.29 is 14.3 Å². The molecule has 2 aromatic carbocycles. The number of rotatable bonds is 9. The zero-order valence-corrected chi connectivity index (χ0v) is 17.5. The first-order valence-electron chi connectivity index (χ1n) is 9.20. The number of aromatic nitrogens is 3. The summed E-state index contributed by atoms with van der Waals surface area (Å²) in [5.41, 5.74) is 1.07. The first-order chi connectivity index (χ1) is 14.1. The first-order valence-corrected chi connectivity index (χ1v) is 10.2. The van der Waals surface area contributed by atoms with Crippen LogP contribution >= 0.6 is 11.8 Å². The highest BCUT2D eigenvalue weighted by atomic mass is 32.2. The third kappa shape index (κ3) is 5.74. The van der Waals surface area contributed by atoms with Crippen LogP contribution in [0.25, 0.3) is 0 Å². The van der Waals surface area contributed by atoms with Gasteiger partial charge in [-0.1, -0.05) is 42.1 Å². The van der Waals surface area contributed by atoms with E-state index in [0.717, 1.165) is 17.1 Å². The summed E-state index contributed by atoms with van der Waals surface area (Å²) in [6, 6.07) is 17.2. The minimum atomic E-state index is -0.290. The average Bonchev–Trinajstić information content (AvgIpc) is 3.12. The topological polar surface area (TPSA) is 78.3 Å². The van der Waals surface area contributed by atoms with Crippen molar-refractivity contribution in [2.45, 2.75) is 24.7 Å². The monoisotopic (exact) mass is 412 g/mol. The van der Waals surface area contributed by atoms with E-state index in [9.17, 15) is 4.79 Å². The molecule has 1 unspecified atom stereocenters. The van der Waals surface area contributed by atoms with E-state index >= 15 is 0 Å². The molecule has 0 fully saturated rings. The molecule has 1 aromatic heterocycles. The van der Waals surface area contributed by atoms with E-state index in [4.69, 9.17) is 9.47 Å². The number of hydrogen-bond donors (Lipinski definition) is 1. The molecular formula is C21H24N4O3S. The summed E-state index contributed by atoms with van der Waals surface area (Å²) in [5.74, 6) is 2.40. The molecule has 0 spiro atoms. The van der Waals surface area contributed by atoms with Crippen LogP contribution in [0.3, 0.4) is 0 Å². The fraction of sp³-hybridized carbons (Fsp3) is 0.286. The number of carbonyl (C=O) groups is 1. The molecular weight excluding hydrogens is 388 g/mol. The lowest BCUT2D eigenvalue weighted by Gasteiger charge is -2.14.